The maximum absolute atomic E-state index is 12.9. The zero-order valence-corrected chi connectivity index (χ0v) is 17.6. The van der Waals surface area contributed by atoms with E-state index < -0.39 is 0 Å². The number of hydrogen-bond donors (Lipinski definition) is 1. The summed E-state index contributed by atoms with van der Waals surface area (Å²) >= 11 is 0. The van der Waals surface area contributed by atoms with Gasteiger partial charge in [-0.25, -0.2) is 9.67 Å². The van der Waals surface area contributed by atoms with Crippen LogP contribution in [0.3, 0.4) is 0 Å². The van der Waals surface area contributed by atoms with E-state index in [-0.39, 0.29) is 18.0 Å². The molecule has 0 saturated heterocycles. The molecule has 0 aliphatic rings. The summed E-state index contributed by atoms with van der Waals surface area (Å²) in [5.41, 5.74) is 3.89. The third-order valence-corrected chi connectivity index (χ3v) is 5.05. The lowest BCUT2D eigenvalue weighted by atomic mass is 10.1. The molecule has 1 amide bonds. The standard InChI is InChI=1S/C23H23N5O3/c1-4-31-19-9-6-17(7-10-19)26-21(29)13-27-14-24-22-20(23(27)30)12-25-28(22)18-8-5-15(2)16(3)11-18/h5-12,14H,4,13H2,1-3H3,(H,26,29). The van der Waals surface area contributed by atoms with E-state index in [0.29, 0.717) is 23.3 Å². The fraction of sp³-hybridized carbons (Fsp3) is 0.217. The Hall–Kier alpha value is -3.94. The van der Waals surface area contributed by atoms with E-state index in [0.717, 1.165) is 17.0 Å². The molecular formula is C23H23N5O3. The van der Waals surface area contributed by atoms with Gasteiger partial charge in [-0.3, -0.25) is 14.2 Å². The predicted octanol–water partition coefficient (Wildman–Crippen LogP) is 3.24. The summed E-state index contributed by atoms with van der Waals surface area (Å²) in [5.74, 6) is 0.404. The van der Waals surface area contributed by atoms with Crippen molar-refractivity contribution in [2.75, 3.05) is 11.9 Å². The van der Waals surface area contributed by atoms with Crippen LogP contribution in [0.15, 0.2) is 59.8 Å². The van der Waals surface area contributed by atoms with Crippen LogP contribution in [-0.2, 0) is 11.3 Å². The van der Waals surface area contributed by atoms with E-state index >= 15 is 0 Å². The van der Waals surface area contributed by atoms with Crippen molar-refractivity contribution in [3.05, 3.63) is 76.5 Å². The minimum absolute atomic E-state index is 0.149. The number of nitrogens with one attached hydrogen (secondary N) is 1. The Labute approximate surface area is 179 Å². The van der Waals surface area contributed by atoms with Gasteiger partial charge in [0.1, 0.15) is 24.0 Å². The lowest BCUT2D eigenvalue weighted by Crippen LogP contribution is -2.27. The molecule has 0 aliphatic heterocycles. The van der Waals surface area contributed by atoms with Crippen molar-refractivity contribution in [3.8, 4) is 11.4 Å². The molecule has 1 N–H and O–H groups in total. The normalized spacial score (nSPS) is 10.9. The molecule has 158 valence electrons. The van der Waals surface area contributed by atoms with Crippen LogP contribution in [0.2, 0.25) is 0 Å². The highest BCUT2D eigenvalue weighted by Crippen LogP contribution is 2.18. The Bertz CT molecular complexity index is 1310. The highest BCUT2D eigenvalue weighted by molar-refractivity contribution is 5.90. The molecular weight excluding hydrogens is 394 g/mol. The lowest BCUT2D eigenvalue weighted by molar-refractivity contribution is -0.116. The number of rotatable bonds is 6. The summed E-state index contributed by atoms with van der Waals surface area (Å²) in [7, 11) is 0. The van der Waals surface area contributed by atoms with Crippen molar-refractivity contribution in [2.45, 2.75) is 27.3 Å². The summed E-state index contributed by atoms with van der Waals surface area (Å²) in [6, 6.07) is 13.0. The van der Waals surface area contributed by atoms with Crippen LogP contribution < -0.4 is 15.6 Å². The van der Waals surface area contributed by atoms with Crippen LogP contribution in [0.25, 0.3) is 16.7 Å². The van der Waals surface area contributed by atoms with Crippen molar-refractivity contribution < 1.29 is 9.53 Å². The van der Waals surface area contributed by atoms with E-state index in [4.69, 9.17) is 4.74 Å². The van der Waals surface area contributed by atoms with E-state index in [1.807, 2.05) is 39.0 Å². The highest BCUT2D eigenvalue weighted by Gasteiger charge is 2.14. The Balaban J connectivity index is 1.55. The first-order valence-electron chi connectivity index (χ1n) is 10.00. The minimum Gasteiger partial charge on any atom is -0.494 e. The van der Waals surface area contributed by atoms with Crippen LogP contribution in [0, 0.1) is 13.8 Å². The van der Waals surface area contributed by atoms with E-state index in [1.54, 1.807) is 28.9 Å². The fourth-order valence-corrected chi connectivity index (χ4v) is 3.26. The van der Waals surface area contributed by atoms with Gasteiger partial charge in [0.2, 0.25) is 5.91 Å². The van der Waals surface area contributed by atoms with Crippen LogP contribution in [0.5, 0.6) is 5.75 Å². The molecule has 2 aromatic carbocycles. The zero-order chi connectivity index (χ0) is 22.0. The Kier molecular flexibility index (Phi) is 5.53. The second kappa shape index (κ2) is 8.43. The number of benzene rings is 2. The first kappa shape index (κ1) is 20.3. The number of fused-ring (bicyclic) bond motifs is 1. The largest absolute Gasteiger partial charge is 0.494 e. The number of anilines is 1. The number of aryl methyl sites for hydroxylation is 2. The molecule has 8 heteroatoms. The maximum atomic E-state index is 12.9. The molecule has 2 heterocycles. The van der Waals surface area contributed by atoms with Crippen molar-refractivity contribution in [1.82, 2.24) is 19.3 Å². The van der Waals surface area contributed by atoms with Crippen LogP contribution in [-0.4, -0.2) is 31.8 Å². The van der Waals surface area contributed by atoms with Gasteiger partial charge < -0.3 is 10.1 Å². The summed E-state index contributed by atoms with van der Waals surface area (Å²) in [6.45, 7) is 6.39. The van der Waals surface area contributed by atoms with Gasteiger partial charge in [-0.05, 0) is 68.3 Å². The van der Waals surface area contributed by atoms with Gasteiger partial charge in [0.15, 0.2) is 5.65 Å². The van der Waals surface area contributed by atoms with Gasteiger partial charge in [0.05, 0.1) is 18.5 Å². The predicted molar refractivity (Wildman–Crippen MR) is 119 cm³/mol. The van der Waals surface area contributed by atoms with Crippen LogP contribution in [0.4, 0.5) is 5.69 Å². The fourth-order valence-electron chi connectivity index (χ4n) is 3.26. The van der Waals surface area contributed by atoms with Gasteiger partial charge in [0, 0.05) is 5.69 Å². The molecule has 4 rings (SSSR count). The topological polar surface area (TPSA) is 91.0 Å². The van der Waals surface area contributed by atoms with E-state index in [9.17, 15) is 9.59 Å². The maximum Gasteiger partial charge on any atom is 0.264 e. The lowest BCUT2D eigenvalue weighted by Gasteiger charge is -2.09. The van der Waals surface area contributed by atoms with E-state index in [2.05, 4.69) is 15.4 Å². The average molecular weight is 417 g/mol. The Morgan fingerprint density at radius 2 is 1.87 bits per heavy atom. The Morgan fingerprint density at radius 1 is 1.10 bits per heavy atom. The number of aromatic nitrogens is 4. The third kappa shape index (κ3) is 4.18. The minimum atomic E-state index is -0.325. The first-order chi connectivity index (χ1) is 15.0. The molecule has 4 aromatic rings. The SMILES string of the molecule is CCOc1ccc(NC(=O)Cn2cnc3c(cnn3-c3ccc(C)c(C)c3)c2=O)cc1. The highest BCUT2D eigenvalue weighted by atomic mass is 16.5. The molecule has 31 heavy (non-hydrogen) atoms. The van der Waals surface area contributed by atoms with Gasteiger partial charge in [-0.15, -0.1) is 0 Å². The average Bonchev–Trinajstić information content (AvgIpc) is 3.19. The van der Waals surface area contributed by atoms with Gasteiger partial charge in [0.25, 0.3) is 5.56 Å². The molecule has 2 aromatic heterocycles. The molecule has 0 radical (unpaired) electrons. The molecule has 0 aliphatic carbocycles. The number of amides is 1. The van der Waals surface area contributed by atoms with Crippen molar-refractivity contribution in [1.29, 1.82) is 0 Å². The summed E-state index contributed by atoms with van der Waals surface area (Å²) in [6.07, 6.45) is 2.86. The molecule has 0 fully saturated rings. The summed E-state index contributed by atoms with van der Waals surface area (Å²) < 4.78 is 8.30. The molecule has 0 bridgehead atoms. The van der Waals surface area contributed by atoms with Crippen LogP contribution >= 0.6 is 0 Å². The van der Waals surface area contributed by atoms with Crippen molar-refractivity contribution in [2.24, 2.45) is 0 Å². The second-order valence-corrected chi connectivity index (χ2v) is 7.25. The van der Waals surface area contributed by atoms with E-state index in [1.165, 1.54) is 22.7 Å². The van der Waals surface area contributed by atoms with Gasteiger partial charge in [-0.2, -0.15) is 5.10 Å². The molecule has 0 spiro atoms. The third-order valence-electron chi connectivity index (χ3n) is 5.05. The van der Waals surface area contributed by atoms with Crippen LogP contribution in [0.1, 0.15) is 18.1 Å². The number of carbonyl (C=O) groups excluding carboxylic acids is 1. The smallest absolute Gasteiger partial charge is 0.264 e. The van der Waals surface area contributed by atoms with Crippen molar-refractivity contribution >= 4 is 22.6 Å². The first-order valence-corrected chi connectivity index (χ1v) is 10.00. The monoisotopic (exact) mass is 417 g/mol. The zero-order valence-electron chi connectivity index (χ0n) is 17.6. The summed E-state index contributed by atoms with van der Waals surface area (Å²) in [4.78, 5) is 29.7. The number of hydrogen-bond acceptors (Lipinski definition) is 5. The summed E-state index contributed by atoms with van der Waals surface area (Å²) in [5, 5.41) is 7.47. The molecule has 0 saturated carbocycles. The molecule has 0 atom stereocenters. The second-order valence-electron chi connectivity index (χ2n) is 7.25. The molecule has 0 unspecified atom stereocenters. The Morgan fingerprint density at radius 3 is 2.58 bits per heavy atom. The number of ether oxygens (including phenoxy) is 1. The number of nitrogens with zero attached hydrogens (tertiary/aromatic N) is 4. The number of carbonyl (C=O) groups is 1. The molecule has 8 nitrogen and oxygen atoms in total. The van der Waals surface area contributed by atoms with Crippen molar-refractivity contribution in [3.63, 3.8) is 0 Å². The van der Waals surface area contributed by atoms with Gasteiger partial charge >= 0.3 is 0 Å². The van der Waals surface area contributed by atoms with Gasteiger partial charge in [-0.1, -0.05) is 6.07 Å². The quantitative estimate of drug-likeness (QED) is 0.520.